The zero-order chi connectivity index (χ0) is 9.68. The number of ether oxygens (including phenoxy) is 1. The lowest BCUT2D eigenvalue weighted by Gasteiger charge is -1.98. The highest BCUT2D eigenvalue weighted by Gasteiger charge is 1.93. The number of hydrogen-bond donors (Lipinski definition) is 1. The Balaban J connectivity index is 2.83. The van der Waals surface area contributed by atoms with Gasteiger partial charge in [0.05, 0.1) is 7.11 Å². The van der Waals surface area contributed by atoms with Crippen molar-refractivity contribution in [3.05, 3.63) is 29.8 Å². The number of amides is 1. The summed E-state index contributed by atoms with van der Waals surface area (Å²) in [6, 6.07) is 6.99. The van der Waals surface area contributed by atoms with E-state index in [0.717, 1.165) is 0 Å². The van der Waals surface area contributed by atoms with E-state index in [9.17, 15) is 4.79 Å². The minimum atomic E-state index is -1.21. The molecule has 1 rings (SSSR count). The number of rotatable bonds is 2. The highest BCUT2D eigenvalue weighted by atomic mass is 16.5. The molecular formula is C9H9NO3. The summed E-state index contributed by atoms with van der Waals surface area (Å²) in [6.07, 6.45) is 0.0630. The van der Waals surface area contributed by atoms with Crippen LogP contribution in [-0.4, -0.2) is 24.5 Å². The van der Waals surface area contributed by atoms with Crippen LogP contribution in [-0.2, 0) is 0 Å². The molecule has 4 nitrogen and oxygen atoms in total. The molecule has 0 atom stereocenters. The summed E-state index contributed by atoms with van der Waals surface area (Å²) in [6.45, 7) is 0. The highest BCUT2D eigenvalue weighted by molar-refractivity contribution is 5.88. The van der Waals surface area contributed by atoms with Crippen LogP contribution >= 0.6 is 0 Å². The number of aliphatic imine (C=N–C) groups is 1. The van der Waals surface area contributed by atoms with Gasteiger partial charge in [0.15, 0.2) is 0 Å². The molecule has 0 aliphatic rings. The van der Waals surface area contributed by atoms with Crippen LogP contribution in [0.5, 0.6) is 5.75 Å². The van der Waals surface area contributed by atoms with Gasteiger partial charge in [-0.2, -0.15) is 4.99 Å². The van der Waals surface area contributed by atoms with Crippen LogP contribution < -0.4 is 4.74 Å². The van der Waals surface area contributed by atoms with Gasteiger partial charge in [-0.05, 0) is 17.7 Å². The zero-order valence-electron chi connectivity index (χ0n) is 7.10. The standard InChI is InChI=1S/C9H9NO3/c1-13-8-4-2-3-7(5-8)6-10-9(11)12/h2-6H,1H3,(H,11,12). The number of carboxylic acid groups (broad SMARTS) is 1. The molecule has 1 aromatic rings. The van der Waals surface area contributed by atoms with Crippen LogP contribution in [0.25, 0.3) is 0 Å². The summed E-state index contributed by atoms with van der Waals surface area (Å²) in [5, 5.41) is 8.27. The molecule has 4 heteroatoms. The summed E-state index contributed by atoms with van der Waals surface area (Å²) >= 11 is 0. The summed E-state index contributed by atoms with van der Waals surface area (Å²) in [7, 11) is 1.55. The van der Waals surface area contributed by atoms with Crippen molar-refractivity contribution in [3.8, 4) is 5.75 Å². The van der Waals surface area contributed by atoms with Crippen molar-refractivity contribution in [2.24, 2.45) is 4.99 Å². The van der Waals surface area contributed by atoms with Crippen molar-refractivity contribution in [1.82, 2.24) is 0 Å². The van der Waals surface area contributed by atoms with Crippen molar-refractivity contribution in [2.75, 3.05) is 7.11 Å². The largest absolute Gasteiger partial charge is 0.497 e. The molecule has 0 radical (unpaired) electrons. The topological polar surface area (TPSA) is 58.9 Å². The van der Waals surface area contributed by atoms with Crippen LogP contribution in [0.4, 0.5) is 4.79 Å². The Labute approximate surface area is 75.5 Å². The Bertz CT molecular complexity index is 333. The summed E-state index contributed by atoms with van der Waals surface area (Å²) in [5.41, 5.74) is 0.696. The first kappa shape index (κ1) is 9.25. The lowest BCUT2D eigenvalue weighted by atomic mass is 10.2. The average Bonchev–Trinajstić information content (AvgIpc) is 2.15. The Hall–Kier alpha value is -1.84. The quantitative estimate of drug-likeness (QED) is 0.704. The SMILES string of the molecule is COc1cccc(C=NC(=O)O)c1. The van der Waals surface area contributed by atoms with E-state index in [4.69, 9.17) is 9.84 Å². The van der Waals surface area contributed by atoms with Crippen molar-refractivity contribution in [3.63, 3.8) is 0 Å². The molecule has 1 N–H and O–H groups in total. The molecule has 0 fully saturated rings. The van der Waals surface area contributed by atoms with E-state index in [1.807, 2.05) is 0 Å². The first-order valence-electron chi connectivity index (χ1n) is 3.63. The molecule has 0 aromatic heterocycles. The zero-order valence-corrected chi connectivity index (χ0v) is 7.10. The van der Waals surface area contributed by atoms with E-state index < -0.39 is 6.09 Å². The predicted molar refractivity (Wildman–Crippen MR) is 48.6 cm³/mol. The fourth-order valence-electron chi connectivity index (χ4n) is 0.852. The minimum Gasteiger partial charge on any atom is -0.497 e. The predicted octanol–water partition coefficient (Wildman–Crippen LogP) is 1.79. The van der Waals surface area contributed by atoms with E-state index in [-0.39, 0.29) is 0 Å². The Morgan fingerprint density at radius 2 is 2.38 bits per heavy atom. The van der Waals surface area contributed by atoms with Crippen molar-refractivity contribution >= 4 is 12.3 Å². The number of carbonyl (C=O) groups is 1. The second kappa shape index (κ2) is 4.25. The van der Waals surface area contributed by atoms with Gasteiger partial charge >= 0.3 is 6.09 Å². The average molecular weight is 179 g/mol. The molecule has 0 saturated carbocycles. The molecule has 13 heavy (non-hydrogen) atoms. The van der Waals surface area contributed by atoms with Gasteiger partial charge in [0.25, 0.3) is 0 Å². The smallest absolute Gasteiger partial charge is 0.431 e. The Morgan fingerprint density at radius 3 is 3.00 bits per heavy atom. The van der Waals surface area contributed by atoms with Crippen LogP contribution in [0, 0.1) is 0 Å². The van der Waals surface area contributed by atoms with Gasteiger partial charge in [-0.25, -0.2) is 4.79 Å². The number of benzene rings is 1. The molecule has 0 saturated heterocycles. The Morgan fingerprint density at radius 1 is 1.62 bits per heavy atom. The van der Waals surface area contributed by atoms with Crippen LogP contribution in [0.2, 0.25) is 0 Å². The van der Waals surface area contributed by atoms with Gasteiger partial charge in [0, 0.05) is 6.21 Å². The summed E-state index contributed by atoms with van der Waals surface area (Å²) in [5.74, 6) is 0.675. The minimum absolute atomic E-state index is 0.675. The van der Waals surface area contributed by atoms with Crippen molar-refractivity contribution < 1.29 is 14.6 Å². The third-order valence-electron chi connectivity index (χ3n) is 1.42. The van der Waals surface area contributed by atoms with Gasteiger partial charge in [0.2, 0.25) is 0 Å². The maximum Gasteiger partial charge on any atom is 0.431 e. The van der Waals surface area contributed by atoms with Gasteiger partial charge < -0.3 is 9.84 Å². The lowest BCUT2D eigenvalue weighted by Crippen LogP contribution is -1.89. The molecule has 0 heterocycles. The number of nitrogens with zero attached hydrogens (tertiary/aromatic N) is 1. The number of hydrogen-bond acceptors (Lipinski definition) is 2. The number of methoxy groups -OCH3 is 1. The van der Waals surface area contributed by atoms with Crippen molar-refractivity contribution in [2.45, 2.75) is 0 Å². The maximum absolute atomic E-state index is 10.1. The monoisotopic (exact) mass is 179 g/mol. The van der Waals surface area contributed by atoms with Crippen LogP contribution in [0.3, 0.4) is 0 Å². The molecule has 0 spiro atoms. The van der Waals surface area contributed by atoms with E-state index in [1.54, 1.807) is 31.4 Å². The first-order valence-corrected chi connectivity index (χ1v) is 3.63. The molecule has 1 amide bonds. The lowest BCUT2D eigenvalue weighted by molar-refractivity contribution is 0.206. The third kappa shape index (κ3) is 2.94. The Kier molecular flexibility index (Phi) is 3.03. The fourth-order valence-corrected chi connectivity index (χ4v) is 0.852. The van der Waals surface area contributed by atoms with E-state index in [1.165, 1.54) is 6.21 Å². The van der Waals surface area contributed by atoms with Crippen molar-refractivity contribution in [1.29, 1.82) is 0 Å². The molecule has 68 valence electrons. The molecule has 0 bridgehead atoms. The van der Waals surface area contributed by atoms with E-state index in [2.05, 4.69) is 4.99 Å². The molecular weight excluding hydrogens is 170 g/mol. The summed E-state index contributed by atoms with van der Waals surface area (Å²) < 4.78 is 4.95. The van der Waals surface area contributed by atoms with Gasteiger partial charge in [-0.15, -0.1) is 0 Å². The fraction of sp³-hybridized carbons (Fsp3) is 0.111. The van der Waals surface area contributed by atoms with Crippen LogP contribution in [0.15, 0.2) is 29.3 Å². The molecule has 0 aliphatic carbocycles. The van der Waals surface area contributed by atoms with E-state index in [0.29, 0.717) is 11.3 Å². The normalized spacial score (nSPS) is 10.2. The second-order valence-electron chi connectivity index (χ2n) is 2.32. The maximum atomic E-state index is 10.1. The molecule has 0 unspecified atom stereocenters. The second-order valence-corrected chi connectivity index (χ2v) is 2.32. The van der Waals surface area contributed by atoms with Gasteiger partial charge in [-0.1, -0.05) is 12.1 Å². The van der Waals surface area contributed by atoms with E-state index >= 15 is 0 Å². The molecule has 1 aromatic carbocycles. The summed E-state index contributed by atoms with van der Waals surface area (Å²) in [4.78, 5) is 13.3. The van der Waals surface area contributed by atoms with Gasteiger partial charge in [-0.3, -0.25) is 0 Å². The third-order valence-corrected chi connectivity index (χ3v) is 1.42. The highest BCUT2D eigenvalue weighted by Crippen LogP contribution is 2.10. The molecule has 0 aliphatic heterocycles. The van der Waals surface area contributed by atoms with Gasteiger partial charge in [0.1, 0.15) is 5.75 Å². The van der Waals surface area contributed by atoms with Crippen LogP contribution in [0.1, 0.15) is 5.56 Å². The first-order chi connectivity index (χ1) is 6.22.